The second-order valence-electron chi connectivity index (χ2n) is 11.9. The molecule has 1 saturated heterocycles. The second kappa shape index (κ2) is 14.3. The summed E-state index contributed by atoms with van der Waals surface area (Å²) in [7, 11) is 10.4. The number of benzene rings is 1. The summed E-state index contributed by atoms with van der Waals surface area (Å²) in [4.78, 5) is 76.0. The van der Waals surface area contributed by atoms with Crippen molar-refractivity contribution in [3.8, 4) is 5.69 Å². The molecule has 0 atom stereocenters. The van der Waals surface area contributed by atoms with Gasteiger partial charge in [0, 0.05) is 42.3 Å². The number of para-hydroxylation sites is 1. The third-order valence-electron chi connectivity index (χ3n) is 7.86. The Morgan fingerprint density at radius 2 is 1.49 bits per heavy atom. The Morgan fingerprint density at radius 3 is 1.98 bits per heavy atom. The van der Waals surface area contributed by atoms with Crippen LogP contribution in [0.15, 0.2) is 63.7 Å². The first-order valence-corrected chi connectivity index (χ1v) is 14.9. The molecule has 1 aliphatic heterocycles. The molecule has 4 aromatic rings. The van der Waals surface area contributed by atoms with E-state index in [2.05, 4.69) is 22.2 Å². The second-order valence-corrected chi connectivity index (χ2v) is 11.9. The van der Waals surface area contributed by atoms with Crippen molar-refractivity contribution in [1.82, 2.24) is 38.7 Å². The van der Waals surface area contributed by atoms with E-state index in [4.69, 9.17) is 0 Å². The number of fused-ring (bicyclic) bond motifs is 1. The number of allylic oxidation sites excluding steroid dienone is 1. The summed E-state index contributed by atoms with van der Waals surface area (Å²) in [5, 5.41) is 4.27. The van der Waals surface area contributed by atoms with Crippen molar-refractivity contribution in [1.29, 1.82) is 0 Å². The predicted molar refractivity (Wildman–Crippen MR) is 180 cm³/mol. The van der Waals surface area contributed by atoms with Gasteiger partial charge in [-0.15, -0.1) is 6.58 Å². The molecule has 0 spiro atoms. The number of rotatable bonds is 6. The number of aryl methyl sites for hydroxylation is 2. The number of carbonyl (C=O) groups excluding carboxylic acids is 3. The molecule has 3 aromatic heterocycles. The molecule has 0 saturated carbocycles. The first kappa shape index (κ1) is 36.0. The van der Waals surface area contributed by atoms with Crippen LogP contribution in [0, 0.1) is 18.3 Å². The zero-order valence-corrected chi connectivity index (χ0v) is 28.3. The van der Waals surface area contributed by atoms with Gasteiger partial charge in [-0.1, -0.05) is 38.1 Å². The fraction of sp³-hybridized carbons (Fsp3) is 0.406. The number of barbiturate groups is 1. The molecule has 47 heavy (non-hydrogen) atoms. The van der Waals surface area contributed by atoms with Crippen molar-refractivity contribution >= 4 is 34.7 Å². The van der Waals surface area contributed by atoms with Crippen LogP contribution in [0.25, 0.3) is 16.9 Å². The number of aromatic nitrogens is 6. The maximum absolute atomic E-state index is 12.4. The summed E-state index contributed by atoms with van der Waals surface area (Å²) in [6.07, 6.45) is 3.67. The van der Waals surface area contributed by atoms with E-state index in [0.29, 0.717) is 17.6 Å². The van der Waals surface area contributed by atoms with Crippen LogP contribution in [0.5, 0.6) is 0 Å². The van der Waals surface area contributed by atoms with E-state index < -0.39 is 23.3 Å². The standard InChI is InChI=1S/C13H17N3O.C11H16N2O3.C8H10N4O2/c1-10-12(14(2)3)13(17)16(15(10)4)11-8-6-5-7-9-11;1-4-5-11(6-7(2)3)8(14)12-10(16)13-9(11)15;1-10-4-9-6-5(10)7(13)12(3)8(14)11(6)2/h5-9H,1-4H3;4,7H,1,5-6H2,2-3H3,(H2,12,13,14,15,16);4H,1-3H3. The minimum atomic E-state index is -1.19. The monoisotopic (exact) mass is 649 g/mol. The fourth-order valence-electron chi connectivity index (χ4n) is 5.52. The SMILES string of the molecule is C=CCC1(CC(C)C)C(=O)NC(=O)NC1=O.Cc1c(N(C)C)c(=O)n(-c2ccccc2)n1C.Cn1c(=O)c2c(ncn2C)n(C)c1=O. The van der Waals surface area contributed by atoms with Crippen LogP contribution in [-0.4, -0.2) is 60.0 Å². The maximum Gasteiger partial charge on any atom is 0.332 e. The van der Waals surface area contributed by atoms with Gasteiger partial charge in [0.1, 0.15) is 11.1 Å². The first-order valence-electron chi connectivity index (χ1n) is 14.9. The van der Waals surface area contributed by atoms with Crippen LogP contribution in [0.3, 0.4) is 0 Å². The molecule has 0 aliphatic carbocycles. The summed E-state index contributed by atoms with van der Waals surface area (Å²) in [6.45, 7) is 9.34. The summed E-state index contributed by atoms with van der Waals surface area (Å²) < 4.78 is 7.61. The van der Waals surface area contributed by atoms with Crippen molar-refractivity contribution in [3.63, 3.8) is 0 Å². The van der Waals surface area contributed by atoms with Crippen molar-refractivity contribution in [2.24, 2.45) is 39.5 Å². The molecule has 0 radical (unpaired) electrons. The Kier molecular flexibility index (Phi) is 11.0. The molecule has 252 valence electrons. The summed E-state index contributed by atoms with van der Waals surface area (Å²) in [5.41, 5.74) is 1.58. The molecule has 1 aromatic carbocycles. The summed E-state index contributed by atoms with van der Waals surface area (Å²) in [6, 6.07) is 8.91. The number of imide groups is 2. The van der Waals surface area contributed by atoms with Gasteiger partial charge in [-0.05, 0) is 37.8 Å². The molecule has 2 N–H and O–H groups in total. The average Bonchev–Trinajstić information content (AvgIpc) is 3.50. The molecule has 1 aliphatic rings. The number of carbonyl (C=O) groups is 3. The van der Waals surface area contributed by atoms with Crippen LogP contribution in [-0.2, 0) is 37.8 Å². The predicted octanol–water partition coefficient (Wildman–Crippen LogP) is 1.48. The fourth-order valence-corrected chi connectivity index (χ4v) is 5.52. The van der Waals surface area contributed by atoms with Gasteiger partial charge in [0.2, 0.25) is 11.8 Å². The highest BCUT2D eigenvalue weighted by atomic mass is 16.2. The van der Waals surface area contributed by atoms with E-state index >= 15 is 0 Å². The van der Waals surface area contributed by atoms with E-state index in [-0.39, 0.29) is 29.1 Å². The lowest BCUT2D eigenvalue weighted by molar-refractivity contribution is -0.145. The largest absolute Gasteiger partial charge is 0.372 e. The minimum Gasteiger partial charge on any atom is -0.372 e. The number of imidazole rings is 1. The Hall–Kier alpha value is -5.47. The van der Waals surface area contributed by atoms with Crippen molar-refractivity contribution in [2.75, 3.05) is 19.0 Å². The maximum atomic E-state index is 12.4. The Balaban J connectivity index is 0.000000192. The zero-order valence-electron chi connectivity index (χ0n) is 28.3. The van der Waals surface area contributed by atoms with Crippen LogP contribution >= 0.6 is 0 Å². The molecule has 4 amide bonds. The summed E-state index contributed by atoms with van der Waals surface area (Å²) >= 11 is 0. The lowest BCUT2D eigenvalue weighted by Gasteiger charge is -2.34. The van der Waals surface area contributed by atoms with Crippen LogP contribution < -0.4 is 32.3 Å². The topological polar surface area (TPSA) is 167 Å². The Labute approximate surface area is 271 Å². The van der Waals surface area contributed by atoms with Gasteiger partial charge in [0.15, 0.2) is 11.2 Å². The van der Waals surface area contributed by atoms with E-state index in [1.807, 2.05) is 81.8 Å². The van der Waals surface area contributed by atoms with Crippen molar-refractivity contribution in [2.45, 2.75) is 33.6 Å². The van der Waals surface area contributed by atoms with E-state index in [0.717, 1.165) is 21.6 Å². The van der Waals surface area contributed by atoms with Crippen molar-refractivity contribution in [3.05, 3.63) is 86.2 Å². The van der Waals surface area contributed by atoms with E-state index in [9.17, 15) is 28.8 Å². The Bertz CT molecular complexity index is 1970. The molecule has 15 nitrogen and oxygen atoms in total. The third kappa shape index (κ3) is 7.03. The van der Waals surface area contributed by atoms with Crippen LogP contribution in [0.1, 0.15) is 32.4 Å². The lowest BCUT2D eigenvalue weighted by Crippen LogP contribution is -2.62. The highest BCUT2D eigenvalue weighted by molar-refractivity contribution is 6.19. The molecule has 5 rings (SSSR count). The van der Waals surface area contributed by atoms with Gasteiger partial charge in [-0.3, -0.25) is 43.6 Å². The van der Waals surface area contributed by atoms with Crippen LogP contribution in [0.4, 0.5) is 10.5 Å². The smallest absolute Gasteiger partial charge is 0.332 e. The van der Waals surface area contributed by atoms with Gasteiger partial charge >= 0.3 is 11.7 Å². The van der Waals surface area contributed by atoms with Gasteiger partial charge in [-0.25, -0.2) is 19.3 Å². The van der Waals surface area contributed by atoms with Gasteiger partial charge < -0.3 is 9.47 Å². The van der Waals surface area contributed by atoms with E-state index in [1.54, 1.807) is 23.3 Å². The first-order chi connectivity index (χ1) is 22.0. The molecular weight excluding hydrogens is 606 g/mol. The van der Waals surface area contributed by atoms with Gasteiger partial charge in [-0.2, -0.15) is 0 Å². The third-order valence-corrected chi connectivity index (χ3v) is 7.86. The molecule has 0 bridgehead atoms. The van der Waals surface area contributed by atoms with Crippen molar-refractivity contribution < 1.29 is 14.4 Å². The number of amides is 4. The van der Waals surface area contributed by atoms with Crippen LogP contribution in [0.2, 0.25) is 0 Å². The lowest BCUT2D eigenvalue weighted by atomic mass is 9.74. The number of nitrogens with one attached hydrogen (secondary N) is 2. The normalized spacial score (nSPS) is 13.7. The van der Waals surface area contributed by atoms with Gasteiger partial charge in [0.05, 0.1) is 17.7 Å². The zero-order chi connectivity index (χ0) is 35.4. The average molecular weight is 650 g/mol. The molecule has 0 unspecified atom stereocenters. The molecular formula is C32H43N9O6. The Morgan fingerprint density at radius 1 is 0.915 bits per heavy atom. The number of hydrogen-bond acceptors (Lipinski definition) is 8. The van der Waals surface area contributed by atoms with Gasteiger partial charge in [0.25, 0.3) is 11.1 Å². The molecule has 15 heteroatoms. The summed E-state index contributed by atoms with van der Waals surface area (Å²) in [5.74, 6) is -0.894. The minimum absolute atomic E-state index is 0.0150. The molecule has 1 fully saturated rings. The number of nitrogens with zero attached hydrogens (tertiary/aromatic N) is 7. The number of hydrogen-bond donors (Lipinski definition) is 2. The number of anilines is 1. The highest BCUT2D eigenvalue weighted by Crippen LogP contribution is 2.33. The molecule has 4 heterocycles. The quantitative estimate of drug-likeness (QED) is 0.234. The number of urea groups is 1. The van der Waals surface area contributed by atoms with E-state index in [1.165, 1.54) is 24.0 Å². The highest BCUT2D eigenvalue weighted by Gasteiger charge is 2.49.